The van der Waals surface area contributed by atoms with Gasteiger partial charge in [0.05, 0.1) is 14.2 Å². The maximum Gasteiger partial charge on any atom is 0.401 e. The maximum atomic E-state index is 10.7. The third-order valence-corrected chi connectivity index (χ3v) is 2.40. The number of hydrogen-bond donors (Lipinski definition) is 0. The van der Waals surface area contributed by atoms with Crippen molar-refractivity contribution >= 4 is 24.8 Å². The van der Waals surface area contributed by atoms with E-state index in [0.717, 1.165) is 14.2 Å². The van der Waals surface area contributed by atoms with Crippen LogP contribution in [0.15, 0.2) is 0 Å². The van der Waals surface area contributed by atoms with Crippen molar-refractivity contribution < 1.29 is 30.9 Å². The highest BCUT2D eigenvalue weighted by Crippen LogP contribution is 2.13. The third-order valence-electron chi connectivity index (χ3n) is 0.912. The quantitative estimate of drug-likeness (QED) is 0.471. The molecule has 0 fully saturated rings. The van der Waals surface area contributed by atoms with Crippen LogP contribution in [0.3, 0.4) is 0 Å². The van der Waals surface area contributed by atoms with Crippen LogP contribution in [0.5, 0.6) is 0 Å². The van der Waals surface area contributed by atoms with Crippen molar-refractivity contribution in [2.45, 2.75) is 5.85 Å². The molecule has 1 atom stereocenters. The standard InChI is InChI=1S/C4H7O7PS/c1-9-3(5)4(12-6)11-13(7,8)10-2/h4H,1-2H3. The minimum absolute atomic E-state index is 0.827. The van der Waals surface area contributed by atoms with Crippen molar-refractivity contribution in [1.29, 1.82) is 0 Å². The van der Waals surface area contributed by atoms with Gasteiger partial charge in [0.1, 0.15) is 0 Å². The van der Waals surface area contributed by atoms with Gasteiger partial charge in [-0.2, -0.15) is 8.42 Å². The largest absolute Gasteiger partial charge is 0.466 e. The van der Waals surface area contributed by atoms with Gasteiger partial charge in [-0.15, -0.1) is 0 Å². The molecule has 13 heavy (non-hydrogen) atoms. The topological polar surface area (TPSA) is 96.0 Å². The zero-order valence-electron chi connectivity index (χ0n) is 6.79. The molecular formula is C4H7O7PS. The molecule has 0 radical (unpaired) electrons. The highest BCUT2D eigenvalue weighted by molar-refractivity contribution is 7.82. The minimum atomic E-state index is -4.29. The van der Waals surface area contributed by atoms with Crippen molar-refractivity contribution in [2.24, 2.45) is 0 Å². The molecule has 0 aliphatic rings. The third kappa shape index (κ3) is 4.28. The zero-order valence-corrected chi connectivity index (χ0v) is 8.50. The Morgan fingerprint density at radius 1 is 1.38 bits per heavy atom. The van der Waals surface area contributed by atoms with Gasteiger partial charge in [0.25, 0.3) is 5.85 Å². The van der Waals surface area contributed by atoms with Crippen LogP contribution in [-0.2, 0) is 32.9 Å². The summed E-state index contributed by atoms with van der Waals surface area (Å²) in [7, 11) is -3.28. The van der Waals surface area contributed by atoms with Crippen LogP contribution in [0.2, 0.25) is 0 Å². The van der Waals surface area contributed by atoms with Crippen LogP contribution in [0, 0.1) is 0 Å². The fraction of sp³-hybridized carbons (Fsp3) is 0.750. The van der Waals surface area contributed by atoms with Gasteiger partial charge in [-0.25, -0.2) is 8.98 Å². The first kappa shape index (κ1) is 12.4. The molecule has 9 heteroatoms. The summed E-state index contributed by atoms with van der Waals surface area (Å²) in [4.78, 5) is 10.7. The average Bonchev–Trinajstić information content (AvgIpc) is 2.13. The van der Waals surface area contributed by atoms with E-state index >= 15 is 0 Å². The van der Waals surface area contributed by atoms with Gasteiger partial charge in [0, 0.05) is 0 Å². The number of rotatable bonds is 5. The molecule has 0 aromatic rings. The first-order valence-electron chi connectivity index (χ1n) is 2.86. The summed E-state index contributed by atoms with van der Waals surface area (Å²) < 4.78 is 43.4. The molecule has 76 valence electrons. The van der Waals surface area contributed by atoms with Gasteiger partial charge in [0.2, 0.25) is 8.46 Å². The summed E-state index contributed by atoms with van der Waals surface area (Å²) in [5.41, 5.74) is 0. The molecule has 0 amide bonds. The van der Waals surface area contributed by atoms with Gasteiger partial charge in [-0.3, -0.25) is 8.75 Å². The summed E-state index contributed by atoms with van der Waals surface area (Å²) in [6.45, 7) is 0. The first-order valence-corrected chi connectivity index (χ1v) is 5.07. The van der Waals surface area contributed by atoms with Crippen LogP contribution < -0.4 is 0 Å². The lowest BCUT2D eigenvalue weighted by atomic mass is 10.7. The normalized spacial score (nSPS) is 14.0. The fourth-order valence-corrected chi connectivity index (χ4v) is 1.38. The van der Waals surface area contributed by atoms with E-state index in [9.17, 15) is 17.8 Å². The van der Waals surface area contributed by atoms with Crippen LogP contribution in [0.4, 0.5) is 0 Å². The zero-order chi connectivity index (χ0) is 10.5. The molecule has 0 rings (SSSR count). The molecule has 0 spiro atoms. The molecule has 1 unspecified atom stereocenters. The minimum Gasteiger partial charge on any atom is -0.466 e. The summed E-state index contributed by atoms with van der Waals surface area (Å²) in [5, 5.41) is 0. The Kier molecular flexibility index (Phi) is 5.01. The maximum absolute atomic E-state index is 10.7. The Balaban J connectivity index is 4.47. The fourth-order valence-electron chi connectivity index (χ4n) is 0.352. The second-order valence-electron chi connectivity index (χ2n) is 1.65. The highest BCUT2D eigenvalue weighted by atomic mass is 32.3. The van der Waals surface area contributed by atoms with Gasteiger partial charge in [0.15, 0.2) is 0 Å². The van der Waals surface area contributed by atoms with E-state index in [1.807, 2.05) is 0 Å². The van der Waals surface area contributed by atoms with Crippen LogP contribution in [-0.4, -0.2) is 34.5 Å². The highest BCUT2D eigenvalue weighted by Gasteiger charge is 2.27. The molecule has 0 aliphatic heterocycles. The van der Waals surface area contributed by atoms with Crippen LogP contribution >= 0.6 is 8.46 Å². The first-order chi connectivity index (χ1) is 5.96. The number of ether oxygens (including phenoxy) is 1. The van der Waals surface area contributed by atoms with Crippen molar-refractivity contribution in [3.05, 3.63) is 0 Å². The van der Waals surface area contributed by atoms with E-state index in [1.54, 1.807) is 0 Å². The lowest BCUT2D eigenvalue weighted by Crippen LogP contribution is -2.23. The van der Waals surface area contributed by atoms with E-state index < -0.39 is 30.7 Å². The molecule has 0 aromatic heterocycles. The SMILES string of the molecule is COC(=O)C(OS(=O)(=O)OC)P=O. The Hall–Kier alpha value is -0.560. The molecule has 0 saturated heterocycles. The van der Waals surface area contributed by atoms with E-state index in [2.05, 4.69) is 13.1 Å². The van der Waals surface area contributed by atoms with Gasteiger partial charge in [-0.05, 0) is 0 Å². The number of carbonyl (C=O) groups is 1. The van der Waals surface area contributed by atoms with Crippen molar-refractivity contribution in [2.75, 3.05) is 14.2 Å². The van der Waals surface area contributed by atoms with Crippen molar-refractivity contribution in [1.82, 2.24) is 0 Å². The predicted octanol–water partition coefficient (Wildman–Crippen LogP) is -0.315. The average molecular weight is 230 g/mol. The van der Waals surface area contributed by atoms with Crippen LogP contribution in [0.1, 0.15) is 0 Å². The molecular weight excluding hydrogens is 223 g/mol. The van der Waals surface area contributed by atoms with Gasteiger partial charge in [-0.1, -0.05) is 0 Å². The Bertz CT molecular complexity index is 283. The molecule has 0 N–H and O–H groups in total. The molecule has 0 saturated carbocycles. The number of esters is 1. The van der Waals surface area contributed by atoms with Crippen molar-refractivity contribution in [3.8, 4) is 0 Å². The molecule has 7 nitrogen and oxygen atoms in total. The van der Waals surface area contributed by atoms with Gasteiger partial charge < -0.3 is 4.74 Å². The second kappa shape index (κ2) is 5.23. The summed E-state index contributed by atoms with van der Waals surface area (Å²) in [5.74, 6) is -2.80. The van der Waals surface area contributed by atoms with Gasteiger partial charge >= 0.3 is 16.4 Å². The lowest BCUT2D eigenvalue weighted by molar-refractivity contribution is -0.144. The Morgan fingerprint density at radius 2 is 1.92 bits per heavy atom. The Labute approximate surface area is 76.5 Å². The lowest BCUT2D eigenvalue weighted by Gasteiger charge is -2.06. The van der Waals surface area contributed by atoms with E-state index in [0.29, 0.717) is 0 Å². The predicted molar refractivity (Wildman–Crippen MR) is 40.4 cm³/mol. The summed E-state index contributed by atoms with van der Waals surface area (Å²) >= 11 is 0. The number of carbonyl (C=O) groups excluding carboxylic acids is 1. The Morgan fingerprint density at radius 3 is 2.23 bits per heavy atom. The van der Waals surface area contributed by atoms with Crippen LogP contribution in [0.25, 0.3) is 0 Å². The molecule has 0 aromatic carbocycles. The van der Waals surface area contributed by atoms with E-state index in [-0.39, 0.29) is 0 Å². The van der Waals surface area contributed by atoms with Crippen molar-refractivity contribution in [3.63, 3.8) is 0 Å². The van der Waals surface area contributed by atoms with E-state index in [4.69, 9.17) is 0 Å². The van der Waals surface area contributed by atoms with E-state index in [1.165, 1.54) is 0 Å². The molecule has 0 aliphatic carbocycles. The smallest absolute Gasteiger partial charge is 0.401 e. The molecule has 0 bridgehead atoms. The number of methoxy groups -OCH3 is 1. The monoisotopic (exact) mass is 230 g/mol. The second-order valence-corrected chi connectivity index (χ2v) is 3.67. The summed E-state index contributed by atoms with van der Waals surface area (Å²) in [6.07, 6.45) is 0. The number of hydrogen-bond acceptors (Lipinski definition) is 7. The molecule has 0 heterocycles. The summed E-state index contributed by atoms with van der Waals surface area (Å²) in [6, 6.07) is 0.